The normalized spacial score (nSPS) is 12.6. The summed E-state index contributed by atoms with van der Waals surface area (Å²) < 4.78 is 4.49. The lowest BCUT2D eigenvalue weighted by molar-refractivity contribution is -0.141. The Kier molecular flexibility index (Phi) is 7.29. The van der Waals surface area contributed by atoms with Gasteiger partial charge in [-0.3, -0.25) is 4.79 Å². The fourth-order valence-electron chi connectivity index (χ4n) is 0.676. The van der Waals surface area contributed by atoms with Crippen molar-refractivity contribution in [2.45, 2.75) is 25.8 Å². The van der Waals surface area contributed by atoms with Crippen LogP contribution in [0, 0.1) is 0 Å². The van der Waals surface area contributed by atoms with Crippen molar-refractivity contribution in [1.82, 2.24) is 0 Å². The summed E-state index contributed by atoms with van der Waals surface area (Å²) in [5.74, 6) is 1.41. The van der Waals surface area contributed by atoms with Crippen molar-refractivity contribution in [1.29, 1.82) is 0 Å². The van der Waals surface area contributed by atoms with Gasteiger partial charge in [-0.2, -0.15) is 11.8 Å². The summed E-state index contributed by atoms with van der Waals surface area (Å²) in [5.41, 5.74) is 5.51. The molecule has 0 radical (unpaired) electrons. The Balaban J connectivity index is 3.31. The second-order valence-electron chi connectivity index (χ2n) is 2.56. The molecule has 0 aromatic heterocycles. The molecule has 0 aliphatic heterocycles. The molecule has 0 saturated carbocycles. The highest BCUT2D eigenvalue weighted by molar-refractivity contribution is 7.99. The molecule has 0 saturated heterocycles. The van der Waals surface area contributed by atoms with Crippen LogP contribution in [0.3, 0.4) is 0 Å². The number of esters is 1. The molecule has 2 N–H and O–H groups in total. The zero-order valence-corrected chi connectivity index (χ0v) is 8.52. The number of hydrogen-bond donors (Lipinski definition) is 1. The number of carbonyl (C=O) groups excluding carboxylic acids is 1. The fourth-order valence-corrected chi connectivity index (χ4v) is 1.73. The summed E-state index contributed by atoms with van der Waals surface area (Å²) in [6.07, 6.45) is 2.36. The van der Waals surface area contributed by atoms with Gasteiger partial charge in [-0.25, -0.2) is 0 Å². The average Bonchev–Trinajstić information content (AvgIpc) is 2.10. The van der Waals surface area contributed by atoms with Crippen LogP contribution < -0.4 is 5.73 Å². The molecular weight excluding hydrogens is 174 g/mol. The van der Waals surface area contributed by atoms with Crippen molar-refractivity contribution in [2.75, 3.05) is 18.6 Å². The molecule has 1 atom stereocenters. The van der Waals surface area contributed by atoms with Crippen molar-refractivity contribution in [3.8, 4) is 0 Å². The van der Waals surface area contributed by atoms with Crippen molar-refractivity contribution in [3.05, 3.63) is 0 Å². The van der Waals surface area contributed by atoms with Gasteiger partial charge in [-0.1, -0.05) is 13.3 Å². The molecule has 0 fully saturated rings. The number of hydrogen-bond acceptors (Lipinski definition) is 4. The van der Waals surface area contributed by atoms with Crippen molar-refractivity contribution in [2.24, 2.45) is 5.73 Å². The Labute approximate surface area is 78.0 Å². The predicted octanol–water partition coefficient (Wildman–Crippen LogP) is 1.02. The van der Waals surface area contributed by atoms with E-state index >= 15 is 0 Å². The van der Waals surface area contributed by atoms with Crippen LogP contribution in [0.5, 0.6) is 0 Å². The molecule has 0 spiro atoms. The molecular formula is C8H17NO2S. The Morgan fingerprint density at radius 2 is 2.33 bits per heavy atom. The van der Waals surface area contributed by atoms with E-state index in [1.807, 2.05) is 0 Å². The molecule has 0 bridgehead atoms. The fraction of sp³-hybridized carbons (Fsp3) is 0.875. The minimum Gasteiger partial charge on any atom is -0.468 e. The highest BCUT2D eigenvalue weighted by Crippen LogP contribution is 2.05. The van der Waals surface area contributed by atoms with Gasteiger partial charge in [0.2, 0.25) is 0 Å². The molecule has 0 aromatic carbocycles. The number of rotatable bonds is 6. The third-order valence-electron chi connectivity index (χ3n) is 1.44. The topological polar surface area (TPSA) is 52.3 Å². The molecule has 0 heterocycles. The van der Waals surface area contributed by atoms with Crippen LogP contribution >= 0.6 is 11.8 Å². The maximum Gasteiger partial charge on any atom is 0.323 e. The van der Waals surface area contributed by atoms with Crippen LogP contribution in [-0.2, 0) is 9.53 Å². The maximum absolute atomic E-state index is 10.8. The SMILES string of the molecule is CCCCSC[C@@H](N)C(=O)OC. The van der Waals surface area contributed by atoms with Crippen molar-refractivity contribution < 1.29 is 9.53 Å². The van der Waals surface area contributed by atoms with Crippen LogP contribution in [0.1, 0.15) is 19.8 Å². The Morgan fingerprint density at radius 3 is 2.83 bits per heavy atom. The number of carbonyl (C=O) groups is 1. The van der Waals surface area contributed by atoms with E-state index in [2.05, 4.69) is 11.7 Å². The molecule has 0 aliphatic rings. The average molecular weight is 191 g/mol. The van der Waals surface area contributed by atoms with Crippen LogP contribution in [0.4, 0.5) is 0 Å². The molecule has 0 unspecified atom stereocenters. The van der Waals surface area contributed by atoms with Gasteiger partial charge in [0, 0.05) is 5.75 Å². The third-order valence-corrected chi connectivity index (χ3v) is 2.62. The molecule has 0 rings (SSSR count). The second kappa shape index (κ2) is 7.43. The van der Waals surface area contributed by atoms with Crippen LogP contribution in [0.15, 0.2) is 0 Å². The minimum atomic E-state index is -0.461. The van der Waals surface area contributed by atoms with E-state index in [-0.39, 0.29) is 5.97 Å². The van der Waals surface area contributed by atoms with Gasteiger partial charge >= 0.3 is 5.97 Å². The largest absolute Gasteiger partial charge is 0.468 e. The van der Waals surface area contributed by atoms with Crippen LogP contribution in [-0.4, -0.2) is 30.6 Å². The quantitative estimate of drug-likeness (QED) is 0.503. The van der Waals surface area contributed by atoms with E-state index < -0.39 is 6.04 Å². The van der Waals surface area contributed by atoms with Crippen molar-refractivity contribution >= 4 is 17.7 Å². The Bertz CT molecular complexity index is 130. The summed E-state index contributed by atoms with van der Waals surface area (Å²) in [7, 11) is 1.36. The minimum absolute atomic E-state index is 0.320. The van der Waals surface area contributed by atoms with E-state index in [4.69, 9.17) is 5.73 Å². The van der Waals surface area contributed by atoms with Crippen LogP contribution in [0.25, 0.3) is 0 Å². The first kappa shape index (κ1) is 11.8. The van der Waals surface area contributed by atoms with E-state index in [1.165, 1.54) is 20.0 Å². The highest BCUT2D eigenvalue weighted by atomic mass is 32.2. The highest BCUT2D eigenvalue weighted by Gasteiger charge is 2.12. The first-order valence-corrected chi connectivity index (χ1v) is 5.29. The zero-order valence-electron chi connectivity index (χ0n) is 7.71. The van der Waals surface area contributed by atoms with E-state index in [0.717, 1.165) is 5.75 Å². The van der Waals surface area contributed by atoms with E-state index in [1.54, 1.807) is 11.8 Å². The third kappa shape index (κ3) is 5.43. The molecule has 72 valence electrons. The molecule has 4 heteroatoms. The second-order valence-corrected chi connectivity index (χ2v) is 3.71. The van der Waals surface area contributed by atoms with Gasteiger partial charge in [-0.05, 0) is 12.2 Å². The molecule has 12 heavy (non-hydrogen) atoms. The first-order valence-electron chi connectivity index (χ1n) is 4.13. The van der Waals surface area contributed by atoms with Gasteiger partial charge in [0.1, 0.15) is 6.04 Å². The lowest BCUT2D eigenvalue weighted by Crippen LogP contribution is -2.33. The van der Waals surface area contributed by atoms with E-state index in [0.29, 0.717) is 5.75 Å². The maximum atomic E-state index is 10.8. The molecule has 0 aliphatic carbocycles. The number of unbranched alkanes of at least 4 members (excludes halogenated alkanes) is 1. The predicted molar refractivity (Wildman–Crippen MR) is 52.2 cm³/mol. The van der Waals surface area contributed by atoms with E-state index in [9.17, 15) is 4.79 Å². The Hall–Kier alpha value is -0.220. The van der Waals surface area contributed by atoms with Gasteiger partial charge in [-0.15, -0.1) is 0 Å². The molecule has 3 nitrogen and oxygen atoms in total. The first-order chi connectivity index (χ1) is 5.72. The van der Waals surface area contributed by atoms with Gasteiger partial charge in [0.15, 0.2) is 0 Å². The summed E-state index contributed by atoms with van der Waals surface area (Å²) in [4.78, 5) is 10.8. The van der Waals surface area contributed by atoms with Gasteiger partial charge in [0.05, 0.1) is 7.11 Å². The zero-order chi connectivity index (χ0) is 9.40. The number of ether oxygens (including phenoxy) is 1. The Morgan fingerprint density at radius 1 is 1.67 bits per heavy atom. The lowest BCUT2D eigenvalue weighted by atomic mass is 10.4. The summed E-state index contributed by atoms with van der Waals surface area (Å²) in [6, 6.07) is -0.461. The number of thioether (sulfide) groups is 1. The smallest absolute Gasteiger partial charge is 0.323 e. The molecule has 0 amide bonds. The number of methoxy groups -OCH3 is 1. The van der Waals surface area contributed by atoms with Crippen molar-refractivity contribution in [3.63, 3.8) is 0 Å². The summed E-state index contributed by atoms with van der Waals surface area (Å²) in [5, 5.41) is 0. The van der Waals surface area contributed by atoms with Gasteiger partial charge in [0.25, 0.3) is 0 Å². The number of nitrogens with two attached hydrogens (primary N) is 1. The summed E-state index contributed by atoms with van der Waals surface area (Å²) in [6.45, 7) is 2.14. The summed E-state index contributed by atoms with van der Waals surface area (Å²) >= 11 is 1.70. The standard InChI is InChI=1S/C8H17NO2S/c1-3-4-5-12-6-7(9)8(10)11-2/h7H,3-6,9H2,1-2H3/t7-/m1/s1. The molecule has 0 aromatic rings. The monoisotopic (exact) mass is 191 g/mol. The van der Waals surface area contributed by atoms with Gasteiger partial charge < -0.3 is 10.5 Å². The lowest BCUT2D eigenvalue weighted by Gasteiger charge is -2.07. The van der Waals surface area contributed by atoms with Crippen LogP contribution in [0.2, 0.25) is 0 Å².